The van der Waals surface area contributed by atoms with Gasteiger partial charge in [0.1, 0.15) is 5.00 Å². The van der Waals surface area contributed by atoms with Gasteiger partial charge in [-0.25, -0.2) is 0 Å². The summed E-state index contributed by atoms with van der Waals surface area (Å²) in [5.41, 5.74) is 7.22. The Labute approximate surface area is 147 Å². The molecule has 1 aromatic rings. The van der Waals surface area contributed by atoms with Gasteiger partial charge in [-0.15, -0.1) is 11.3 Å². The number of hydrogen-bond acceptors (Lipinski definition) is 3. The summed E-state index contributed by atoms with van der Waals surface area (Å²) in [6, 6.07) is 0. The van der Waals surface area contributed by atoms with Crippen LogP contribution in [0.3, 0.4) is 0 Å². The van der Waals surface area contributed by atoms with Crippen molar-refractivity contribution < 1.29 is 14.5 Å². The normalized spacial score (nSPS) is 26.7. The Hall–Kier alpha value is -1.40. The summed E-state index contributed by atoms with van der Waals surface area (Å²) in [5.74, 6) is 0.892. The minimum atomic E-state index is -0.419. The molecule has 1 aromatic heterocycles. The van der Waals surface area contributed by atoms with E-state index in [9.17, 15) is 9.59 Å². The summed E-state index contributed by atoms with van der Waals surface area (Å²) in [5, 5.41) is 3.65. The van der Waals surface area contributed by atoms with Crippen LogP contribution in [0.4, 0.5) is 5.00 Å². The lowest BCUT2D eigenvalue weighted by Gasteiger charge is -2.31. The van der Waals surface area contributed by atoms with Crippen LogP contribution in [0.15, 0.2) is 0 Å². The summed E-state index contributed by atoms with van der Waals surface area (Å²) in [7, 11) is 0. The number of amides is 2. The summed E-state index contributed by atoms with van der Waals surface area (Å²) >= 11 is 1.54. The summed E-state index contributed by atoms with van der Waals surface area (Å²) in [6.07, 6.45) is 5.36. The third-order valence-corrected chi connectivity index (χ3v) is 6.37. The quantitative estimate of drug-likeness (QED) is 0.764. The van der Waals surface area contributed by atoms with E-state index in [0.717, 1.165) is 44.3 Å². The van der Waals surface area contributed by atoms with Crippen LogP contribution >= 0.6 is 11.3 Å². The van der Waals surface area contributed by atoms with Crippen molar-refractivity contribution in [2.75, 3.05) is 25.0 Å². The zero-order chi connectivity index (χ0) is 17.3. The van der Waals surface area contributed by atoms with Gasteiger partial charge in [0, 0.05) is 16.7 Å². The average Bonchev–Trinajstić information content (AvgIpc) is 2.83. The topological polar surface area (TPSA) is 76.6 Å². The minimum absolute atomic E-state index is 0.00704. The van der Waals surface area contributed by atoms with Gasteiger partial charge in [-0.2, -0.15) is 0 Å². The maximum atomic E-state index is 12.5. The fourth-order valence-corrected chi connectivity index (χ4v) is 5.69. The SMILES string of the molecule is C[C@@H]1C[C@@H](C)C[NH+](CC(=O)Nc2sc3c(c2C(N)=O)CCCC3)C1. The molecule has 0 unspecified atom stereocenters. The minimum Gasteiger partial charge on any atom is -0.365 e. The van der Waals surface area contributed by atoms with E-state index in [1.165, 1.54) is 27.5 Å². The molecule has 2 aliphatic rings. The summed E-state index contributed by atoms with van der Waals surface area (Å²) in [6.45, 7) is 7.07. The first-order valence-electron chi connectivity index (χ1n) is 9.01. The lowest BCUT2D eigenvalue weighted by atomic mass is 9.92. The van der Waals surface area contributed by atoms with Crippen LogP contribution in [0.25, 0.3) is 0 Å². The molecule has 1 saturated heterocycles. The highest BCUT2D eigenvalue weighted by atomic mass is 32.1. The predicted molar refractivity (Wildman–Crippen MR) is 96.6 cm³/mol. The van der Waals surface area contributed by atoms with Crippen molar-refractivity contribution in [3.63, 3.8) is 0 Å². The molecule has 5 nitrogen and oxygen atoms in total. The number of nitrogens with two attached hydrogens (primary N) is 1. The van der Waals surface area contributed by atoms with E-state index in [2.05, 4.69) is 19.2 Å². The number of fused-ring (bicyclic) bond motifs is 1. The van der Waals surface area contributed by atoms with Crippen molar-refractivity contribution in [2.45, 2.75) is 46.0 Å². The first-order valence-corrected chi connectivity index (χ1v) is 9.83. The molecule has 6 heteroatoms. The molecular formula is C18H28N3O2S+. The van der Waals surface area contributed by atoms with Gasteiger partial charge >= 0.3 is 0 Å². The van der Waals surface area contributed by atoms with E-state index in [-0.39, 0.29) is 5.91 Å². The van der Waals surface area contributed by atoms with Crippen LogP contribution in [0.2, 0.25) is 0 Å². The van der Waals surface area contributed by atoms with E-state index < -0.39 is 5.91 Å². The molecule has 24 heavy (non-hydrogen) atoms. The molecule has 1 aliphatic heterocycles. The van der Waals surface area contributed by atoms with Gasteiger partial charge in [0.15, 0.2) is 6.54 Å². The molecule has 0 bridgehead atoms. The van der Waals surface area contributed by atoms with Crippen molar-refractivity contribution in [1.82, 2.24) is 0 Å². The van der Waals surface area contributed by atoms with Crippen molar-refractivity contribution in [2.24, 2.45) is 17.6 Å². The third kappa shape index (κ3) is 3.81. The Balaban J connectivity index is 1.70. The Morgan fingerprint density at radius 2 is 1.88 bits per heavy atom. The van der Waals surface area contributed by atoms with E-state index in [0.29, 0.717) is 28.9 Å². The molecule has 3 rings (SSSR count). The highest BCUT2D eigenvalue weighted by molar-refractivity contribution is 7.17. The number of primary amides is 1. The van der Waals surface area contributed by atoms with Crippen LogP contribution in [0.1, 0.15) is 53.9 Å². The van der Waals surface area contributed by atoms with Crippen molar-refractivity contribution >= 4 is 28.2 Å². The lowest BCUT2D eigenvalue weighted by Crippen LogP contribution is -3.15. The zero-order valence-corrected chi connectivity index (χ0v) is 15.4. The second kappa shape index (κ2) is 7.23. The predicted octanol–water partition coefficient (Wildman–Crippen LogP) is 1.23. The van der Waals surface area contributed by atoms with Crippen LogP contribution < -0.4 is 16.0 Å². The van der Waals surface area contributed by atoms with Gasteiger partial charge in [0.05, 0.1) is 18.7 Å². The van der Waals surface area contributed by atoms with Gasteiger partial charge in [-0.1, -0.05) is 13.8 Å². The molecule has 2 amide bonds. The van der Waals surface area contributed by atoms with Gasteiger partial charge in [-0.05, 0) is 37.7 Å². The van der Waals surface area contributed by atoms with Crippen LogP contribution in [-0.4, -0.2) is 31.4 Å². The Morgan fingerprint density at radius 1 is 1.21 bits per heavy atom. The lowest BCUT2D eigenvalue weighted by molar-refractivity contribution is -0.904. The van der Waals surface area contributed by atoms with Gasteiger partial charge in [0.25, 0.3) is 11.8 Å². The Morgan fingerprint density at radius 3 is 2.54 bits per heavy atom. The molecule has 0 aromatic carbocycles. The molecule has 2 heterocycles. The average molecular weight is 351 g/mol. The number of anilines is 1. The molecular weight excluding hydrogens is 322 g/mol. The number of piperidine rings is 1. The van der Waals surface area contributed by atoms with E-state index >= 15 is 0 Å². The summed E-state index contributed by atoms with van der Waals surface area (Å²) < 4.78 is 0. The van der Waals surface area contributed by atoms with E-state index in [1.54, 1.807) is 0 Å². The molecule has 1 fully saturated rings. The monoisotopic (exact) mass is 350 g/mol. The van der Waals surface area contributed by atoms with Crippen LogP contribution in [-0.2, 0) is 17.6 Å². The van der Waals surface area contributed by atoms with E-state index in [1.807, 2.05) is 0 Å². The molecule has 4 N–H and O–H groups in total. The van der Waals surface area contributed by atoms with Gasteiger partial charge < -0.3 is 16.0 Å². The molecule has 1 aliphatic carbocycles. The van der Waals surface area contributed by atoms with Gasteiger partial charge in [0.2, 0.25) is 0 Å². The van der Waals surface area contributed by atoms with E-state index in [4.69, 9.17) is 5.73 Å². The van der Waals surface area contributed by atoms with Crippen molar-refractivity contribution in [3.05, 3.63) is 16.0 Å². The fourth-order valence-electron chi connectivity index (χ4n) is 4.38. The standard InChI is InChI=1S/C18H27N3O2S/c1-11-7-12(2)9-21(8-11)10-15(22)20-18-16(17(19)23)13-5-3-4-6-14(13)24-18/h11-12H,3-10H2,1-2H3,(H2,19,23)(H,20,22)/p+1/t11-,12-/m1/s1. The van der Waals surface area contributed by atoms with Gasteiger partial charge in [-0.3, -0.25) is 9.59 Å². The number of carbonyl (C=O) groups excluding carboxylic acids is 2. The largest absolute Gasteiger partial charge is 0.365 e. The number of likely N-dealkylation sites (tertiary alicyclic amines) is 1. The maximum absolute atomic E-state index is 12.5. The molecule has 0 saturated carbocycles. The zero-order valence-electron chi connectivity index (χ0n) is 14.6. The van der Waals surface area contributed by atoms with Crippen molar-refractivity contribution in [3.8, 4) is 0 Å². The number of nitrogens with one attached hydrogen (secondary N) is 2. The number of quaternary nitrogens is 1. The summed E-state index contributed by atoms with van der Waals surface area (Å²) in [4.78, 5) is 26.9. The highest BCUT2D eigenvalue weighted by Gasteiger charge is 2.29. The first-order chi connectivity index (χ1) is 11.4. The maximum Gasteiger partial charge on any atom is 0.280 e. The second-order valence-corrected chi connectivity index (χ2v) is 8.71. The fraction of sp³-hybridized carbons (Fsp3) is 0.667. The smallest absolute Gasteiger partial charge is 0.280 e. The number of carbonyl (C=O) groups is 2. The van der Waals surface area contributed by atoms with Crippen LogP contribution in [0, 0.1) is 11.8 Å². The third-order valence-electron chi connectivity index (χ3n) is 5.16. The van der Waals surface area contributed by atoms with Crippen molar-refractivity contribution in [1.29, 1.82) is 0 Å². The Kier molecular flexibility index (Phi) is 5.25. The molecule has 0 radical (unpaired) electrons. The highest BCUT2D eigenvalue weighted by Crippen LogP contribution is 2.37. The van der Waals surface area contributed by atoms with Crippen LogP contribution in [0.5, 0.6) is 0 Å². The molecule has 132 valence electrons. The Bertz CT molecular complexity index is 630. The number of rotatable bonds is 4. The molecule has 0 spiro atoms. The number of thiophene rings is 1. The second-order valence-electron chi connectivity index (χ2n) is 7.61. The number of aryl methyl sites for hydroxylation is 1. The first kappa shape index (κ1) is 17.4. The number of hydrogen-bond donors (Lipinski definition) is 3. The molecule has 2 atom stereocenters.